The quantitative estimate of drug-likeness (QED) is 0.331. The first-order chi connectivity index (χ1) is 3.00. The van der Waals surface area contributed by atoms with E-state index in [0.29, 0.717) is 0 Å². The molecule has 0 amide bonds. The van der Waals surface area contributed by atoms with Crippen molar-refractivity contribution >= 4 is 17.4 Å². The third kappa shape index (κ3) is 95.3. The van der Waals surface area contributed by atoms with E-state index in [0.717, 1.165) is 21.3 Å². The van der Waals surface area contributed by atoms with E-state index in [9.17, 15) is 0 Å². The summed E-state index contributed by atoms with van der Waals surface area (Å²) in [4.78, 5) is 0. The molecule has 44 valence electrons. The number of hydrogen-bond acceptors (Lipinski definition) is 3. The van der Waals surface area contributed by atoms with Crippen molar-refractivity contribution in [3.63, 3.8) is 0 Å². The van der Waals surface area contributed by atoms with E-state index in [2.05, 4.69) is 0 Å². The Labute approximate surface area is 105 Å². The molecule has 0 radical (unpaired) electrons. The molecule has 0 aromatic carbocycles. The maximum atomic E-state index is 8.25. The van der Waals surface area contributed by atoms with Crippen LogP contribution >= 0.6 is 0 Å². The van der Waals surface area contributed by atoms with Crippen molar-refractivity contribution < 1.29 is 68.1 Å². The molecule has 0 unspecified atom stereocenters. The zero-order chi connectivity index (χ0) is 6.00. The van der Waals surface area contributed by atoms with Crippen LogP contribution in [0.2, 0.25) is 0 Å². The van der Waals surface area contributed by atoms with Gasteiger partial charge >= 0.3 is 68.7 Å². The fraction of sp³-hybridized carbons (Fsp3) is 1.00. The Morgan fingerprint density at radius 3 is 0.750 bits per heavy atom. The van der Waals surface area contributed by atoms with Crippen molar-refractivity contribution in [2.24, 2.45) is 0 Å². The summed E-state index contributed by atoms with van der Waals surface area (Å²) >= 11 is 0. The Kier molecular flexibility index (Phi) is 563. The van der Waals surface area contributed by atoms with Crippen LogP contribution in [0.5, 0.6) is 0 Å². The summed E-state index contributed by atoms with van der Waals surface area (Å²) in [7, 11) is 2.25. The standard InChI is InChI=1S/3CH3O.Al.K.H/c3*1-2;;;/h3*1H3;;;/q3*-1;+3;+1;-1. The van der Waals surface area contributed by atoms with Gasteiger partial charge in [-0.25, -0.2) is 0 Å². The van der Waals surface area contributed by atoms with Gasteiger partial charge in [0.2, 0.25) is 0 Å². The molecular formula is C3H10AlKO3. The zero-order valence-electron chi connectivity index (χ0n) is 6.80. The largest absolute Gasteiger partial charge is 3.00 e. The topological polar surface area (TPSA) is 69.2 Å². The smallest absolute Gasteiger partial charge is 1.00 e. The van der Waals surface area contributed by atoms with E-state index in [1.54, 1.807) is 0 Å². The summed E-state index contributed by atoms with van der Waals surface area (Å²) in [5, 5.41) is 24.8. The first kappa shape index (κ1) is 32.3. The van der Waals surface area contributed by atoms with E-state index >= 15 is 0 Å². The van der Waals surface area contributed by atoms with E-state index in [1.807, 2.05) is 0 Å². The average Bonchev–Trinajstić information content (AvgIpc) is 1.81. The second kappa shape index (κ2) is 140. The molecule has 0 spiro atoms. The Balaban J connectivity index is -0.00000000321. The van der Waals surface area contributed by atoms with Crippen LogP contribution in [0.15, 0.2) is 0 Å². The summed E-state index contributed by atoms with van der Waals surface area (Å²) in [5.41, 5.74) is 0. The van der Waals surface area contributed by atoms with Gasteiger partial charge in [-0.05, 0) is 0 Å². The van der Waals surface area contributed by atoms with E-state index < -0.39 is 0 Å². The molecule has 0 atom stereocenters. The molecule has 0 saturated heterocycles. The Bertz CT molecular complexity index is 19.0. The molecule has 0 saturated carbocycles. The molecule has 8 heavy (non-hydrogen) atoms. The van der Waals surface area contributed by atoms with Crippen LogP contribution < -0.4 is 66.7 Å². The summed E-state index contributed by atoms with van der Waals surface area (Å²) in [6.07, 6.45) is 0. The van der Waals surface area contributed by atoms with Crippen molar-refractivity contribution in [2.75, 3.05) is 21.3 Å². The van der Waals surface area contributed by atoms with Crippen LogP contribution in [0.25, 0.3) is 0 Å². The van der Waals surface area contributed by atoms with Gasteiger partial charge in [0, 0.05) is 0 Å². The normalized spacial score (nSPS) is 2.25. The van der Waals surface area contributed by atoms with Crippen LogP contribution in [-0.2, 0) is 0 Å². The zero-order valence-corrected chi connectivity index (χ0v) is 10.1. The van der Waals surface area contributed by atoms with E-state index in [-0.39, 0.29) is 70.2 Å². The molecule has 5 heteroatoms. The van der Waals surface area contributed by atoms with Crippen molar-refractivity contribution in [2.45, 2.75) is 0 Å². The van der Waals surface area contributed by atoms with Crippen LogP contribution in [-0.4, -0.2) is 38.7 Å². The SMILES string of the molecule is C[O-].C[O-].C[O-].[Al+3].[H-].[K+]. The second-order valence-electron chi connectivity index (χ2n) is 0. The van der Waals surface area contributed by atoms with Gasteiger partial charge in [-0.2, -0.15) is 21.3 Å². The summed E-state index contributed by atoms with van der Waals surface area (Å²) in [6, 6.07) is 0. The summed E-state index contributed by atoms with van der Waals surface area (Å²) < 4.78 is 0. The fourth-order valence-electron chi connectivity index (χ4n) is 0. The van der Waals surface area contributed by atoms with Gasteiger partial charge in [-0.15, -0.1) is 0 Å². The van der Waals surface area contributed by atoms with Crippen molar-refractivity contribution in [3.8, 4) is 0 Å². The molecule has 0 heterocycles. The molecule has 0 N–H and O–H groups in total. The minimum Gasteiger partial charge on any atom is -1.00 e. The summed E-state index contributed by atoms with van der Waals surface area (Å²) in [5.74, 6) is 0. The molecule has 0 aliphatic rings. The summed E-state index contributed by atoms with van der Waals surface area (Å²) in [6.45, 7) is 0. The van der Waals surface area contributed by atoms with Crippen LogP contribution in [0, 0.1) is 0 Å². The predicted octanol–water partition coefficient (Wildman–Crippen LogP) is -6.33. The molecule has 0 aliphatic carbocycles. The molecule has 0 rings (SSSR count). The van der Waals surface area contributed by atoms with Gasteiger partial charge in [-0.1, -0.05) is 0 Å². The van der Waals surface area contributed by atoms with E-state index in [4.69, 9.17) is 15.3 Å². The minimum atomic E-state index is 0. The Morgan fingerprint density at radius 1 is 0.750 bits per heavy atom. The molecule has 0 aromatic rings. The monoisotopic (exact) mass is 160 g/mol. The number of hydrogen-bond donors (Lipinski definition) is 0. The van der Waals surface area contributed by atoms with Crippen molar-refractivity contribution in [1.29, 1.82) is 0 Å². The van der Waals surface area contributed by atoms with Crippen molar-refractivity contribution in [1.82, 2.24) is 0 Å². The van der Waals surface area contributed by atoms with Gasteiger partial charge in [0.1, 0.15) is 0 Å². The maximum absolute atomic E-state index is 8.25. The third-order valence-corrected chi connectivity index (χ3v) is 0. The molecule has 0 bridgehead atoms. The van der Waals surface area contributed by atoms with Crippen molar-refractivity contribution in [3.05, 3.63) is 0 Å². The van der Waals surface area contributed by atoms with Gasteiger partial charge in [0.25, 0.3) is 0 Å². The van der Waals surface area contributed by atoms with Gasteiger partial charge in [0.15, 0.2) is 0 Å². The van der Waals surface area contributed by atoms with Crippen LogP contribution in [0.4, 0.5) is 0 Å². The molecule has 0 fully saturated rings. The van der Waals surface area contributed by atoms with Crippen LogP contribution in [0.1, 0.15) is 1.43 Å². The molecule has 0 aromatic heterocycles. The fourth-order valence-corrected chi connectivity index (χ4v) is 0. The molecular weight excluding hydrogens is 150 g/mol. The first-order valence-corrected chi connectivity index (χ1v) is 1.22. The maximum Gasteiger partial charge on any atom is 3.00 e. The average molecular weight is 160 g/mol. The Morgan fingerprint density at radius 2 is 0.750 bits per heavy atom. The number of rotatable bonds is 0. The second-order valence-corrected chi connectivity index (χ2v) is 0. The molecule has 3 nitrogen and oxygen atoms in total. The minimum absolute atomic E-state index is 0. The van der Waals surface area contributed by atoms with Crippen LogP contribution in [0.3, 0.4) is 0 Å². The van der Waals surface area contributed by atoms with Gasteiger partial charge < -0.3 is 16.7 Å². The predicted molar refractivity (Wildman–Crippen MR) is 24.6 cm³/mol. The molecule has 0 aliphatic heterocycles. The van der Waals surface area contributed by atoms with Gasteiger partial charge in [-0.3, -0.25) is 0 Å². The first-order valence-electron chi connectivity index (χ1n) is 1.22. The Hall–Kier alpha value is 2.05. The third-order valence-electron chi connectivity index (χ3n) is 0. The van der Waals surface area contributed by atoms with E-state index in [1.165, 1.54) is 0 Å². The van der Waals surface area contributed by atoms with Gasteiger partial charge in [0.05, 0.1) is 0 Å².